The van der Waals surface area contributed by atoms with E-state index in [2.05, 4.69) is 50.3 Å². The predicted octanol–water partition coefficient (Wildman–Crippen LogP) is 14.5. The van der Waals surface area contributed by atoms with Gasteiger partial charge in [-0.05, 0) is 70.6 Å². The Labute approximate surface area is 370 Å². The van der Waals surface area contributed by atoms with Crippen molar-refractivity contribution in [3.8, 4) is 0 Å². The zero-order chi connectivity index (χ0) is 44.3. The molecule has 0 radical (unpaired) electrons. The van der Waals surface area contributed by atoms with Crippen molar-refractivity contribution in [2.75, 3.05) is 47.5 Å². The third-order valence-electron chi connectivity index (χ3n) is 10.6. The summed E-state index contributed by atoms with van der Waals surface area (Å²) < 4.78 is 34.4. The molecule has 0 fully saturated rings. The summed E-state index contributed by atoms with van der Waals surface area (Å²) in [5.74, 6) is -0.807. The summed E-state index contributed by atoms with van der Waals surface area (Å²) >= 11 is 0. The molecule has 0 aromatic carbocycles. The molecule has 10 heteroatoms. The Morgan fingerprint density at radius 1 is 0.517 bits per heavy atom. The van der Waals surface area contributed by atoms with E-state index in [1.807, 2.05) is 21.1 Å². The molecule has 0 amide bonds. The first-order valence-corrected chi connectivity index (χ1v) is 26.2. The predicted molar refractivity (Wildman–Crippen MR) is 252 cm³/mol. The maximum absolute atomic E-state index is 12.7. The van der Waals surface area contributed by atoms with Crippen LogP contribution in [0.15, 0.2) is 36.5 Å². The van der Waals surface area contributed by atoms with E-state index in [0.717, 1.165) is 51.4 Å². The van der Waals surface area contributed by atoms with E-state index in [1.54, 1.807) is 0 Å². The van der Waals surface area contributed by atoms with Gasteiger partial charge in [-0.1, -0.05) is 172 Å². The first-order chi connectivity index (χ1) is 29.0. The van der Waals surface area contributed by atoms with Crippen LogP contribution in [0, 0.1) is 0 Å². The summed E-state index contributed by atoms with van der Waals surface area (Å²) in [5.41, 5.74) is 0. The number of phosphoric ester groups is 1. The fraction of sp³-hybridized carbons (Fsp3) is 0.840. The minimum Gasteiger partial charge on any atom is -0.462 e. The molecule has 0 aromatic rings. The quantitative estimate of drug-likeness (QED) is 0.0212. The number of carbonyl (C=O) groups excluding carboxylic acids is 2. The topological polar surface area (TPSA) is 108 Å². The molecule has 0 saturated heterocycles. The van der Waals surface area contributed by atoms with Crippen molar-refractivity contribution in [3.63, 3.8) is 0 Å². The molecule has 0 aliphatic rings. The number of allylic oxidation sites excluding steroid dienone is 6. The van der Waals surface area contributed by atoms with Gasteiger partial charge in [0.15, 0.2) is 6.10 Å². The number of ether oxygens (including phenoxy) is 2. The van der Waals surface area contributed by atoms with Crippen molar-refractivity contribution < 1.29 is 42.1 Å². The van der Waals surface area contributed by atoms with Crippen LogP contribution in [0.3, 0.4) is 0 Å². The van der Waals surface area contributed by atoms with Crippen LogP contribution in [0.1, 0.15) is 219 Å². The highest BCUT2D eigenvalue weighted by Gasteiger charge is 2.27. The highest BCUT2D eigenvalue weighted by Crippen LogP contribution is 2.43. The number of carbonyl (C=O) groups is 2. The zero-order valence-corrected chi connectivity index (χ0v) is 40.6. The van der Waals surface area contributed by atoms with E-state index in [4.69, 9.17) is 18.5 Å². The number of likely N-dealkylation sites (N-methyl/N-ethyl adjacent to an activating group) is 1. The Balaban J connectivity index is 4.30. The molecule has 0 bridgehead atoms. The molecule has 9 nitrogen and oxygen atoms in total. The smallest absolute Gasteiger partial charge is 0.462 e. The third kappa shape index (κ3) is 45.7. The maximum Gasteiger partial charge on any atom is 0.472 e. The second-order valence-electron chi connectivity index (χ2n) is 17.8. The molecule has 352 valence electrons. The van der Waals surface area contributed by atoms with E-state index in [9.17, 15) is 19.0 Å². The van der Waals surface area contributed by atoms with Gasteiger partial charge in [0.05, 0.1) is 27.7 Å². The van der Waals surface area contributed by atoms with Gasteiger partial charge in [-0.3, -0.25) is 18.6 Å². The molecule has 0 aliphatic heterocycles. The van der Waals surface area contributed by atoms with Crippen LogP contribution in [-0.4, -0.2) is 74.9 Å². The number of hydrogen-bond donors (Lipinski definition) is 1. The Morgan fingerprint density at radius 3 is 1.35 bits per heavy atom. The van der Waals surface area contributed by atoms with Gasteiger partial charge in [0, 0.05) is 12.8 Å². The molecule has 0 spiro atoms. The summed E-state index contributed by atoms with van der Waals surface area (Å²) in [6, 6.07) is 0. The van der Waals surface area contributed by atoms with Gasteiger partial charge >= 0.3 is 19.8 Å². The van der Waals surface area contributed by atoms with Gasteiger partial charge in [-0.2, -0.15) is 0 Å². The van der Waals surface area contributed by atoms with Crippen molar-refractivity contribution in [1.29, 1.82) is 0 Å². The summed E-state index contributed by atoms with van der Waals surface area (Å²) in [7, 11) is 1.47. The van der Waals surface area contributed by atoms with Crippen LogP contribution in [0.4, 0.5) is 0 Å². The molecule has 1 N–H and O–H groups in total. The third-order valence-corrected chi connectivity index (χ3v) is 11.6. The Bertz CT molecular complexity index is 1120. The van der Waals surface area contributed by atoms with Crippen molar-refractivity contribution >= 4 is 19.8 Å². The van der Waals surface area contributed by atoms with Gasteiger partial charge in [0.1, 0.15) is 19.8 Å². The normalized spacial score (nSPS) is 13.8. The van der Waals surface area contributed by atoms with Gasteiger partial charge < -0.3 is 18.9 Å². The molecular weight excluding hydrogens is 774 g/mol. The largest absolute Gasteiger partial charge is 0.472 e. The number of phosphoric acid groups is 1. The number of rotatable bonds is 45. The Hall–Kier alpha value is -1.77. The second-order valence-corrected chi connectivity index (χ2v) is 19.3. The lowest BCUT2D eigenvalue weighted by atomic mass is 10.1. The highest BCUT2D eigenvalue weighted by molar-refractivity contribution is 7.47. The molecule has 60 heavy (non-hydrogen) atoms. The van der Waals surface area contributed by atoms with Crippen LogP contribution < -0.4 is 0 Å². The average molecular weight is 869 g/mol. The van der Waals surface area contributed by atoms with E-state index in [1.165, 1.54) is 135 Å². The molecule has 0 aromatic heterocycles. The summed E-state index contributed by atoms with van der Waals surface area (Å²) in [4.78, 5) is 35.5. The number of unbranched alkanes of at least 4 members (excludes halogenated alkanes) is 25. The molecule has 2 atom stereocenters. The lowest BCUT2D eigenvalue weighted by Crippen LogP contribution is -2.37. The lowest BCUT2D eigenvalue weighted by Gasteiger charge is -2.24. The van der Waals surface area contributed by atoms with E-state index < -0.39 is 26.5 Å². The first-order valence-electron chi connectivity index (χ1n) is 24.7. The number of nitrogens with zero attached hydrogens (tertiary/aromatic N) is 1. The van der Waals surface area contributed by atoms with E-state index >= 15 is 0 Å². The van der Waals surface area contributed by atoms with Gasteiger partial charge in [-0.15, -0.1) is 0 Å². The van der Waals surface area contributed by atoms with Crippen molar-refractivity contribution in [3.05, 3.63) is 36.5 Å². The van der Waals surface area contributed by atoms with Crippen LogP contribution in [0.25, 0.3) is 0 Å². The van der Waals surface area contributed by atoms with Crippen LogP contribution >= 0.6 is 7.82 Å². The first kappa shape index (κ1) is 58.2. The Morgan fingerprint density at radius 2 is 0.900 bits per heavy atom. The zero-order valence-electron chi connectivity index (χ0n) is 39.7. The standard InChI is InChI=1S/C50H94NO8P/c1-6-8-10-12-14-16-18-20-22-24-26-28-30-32-34-36-38-40-42-49(52)56-46-48(47-58-60(54,55)57-45-44-51(3,4)5)59-50(53)43-41-39-37-35-33-31-29-27-25-23-21-19-17-15-13-11-9-7-2/h17,19,22-25,48H,6-16,18,20-21,26-47H2,1-5H3/p+1/b19-17-,24-22-,25-23-. The lowest BCUT2D eigenvalue weighted by molar-refractivity contribution is -0.870. The fourth-order valence-corrected chi connectivity index (χ4v) is 7.49. The number of esters is 2. The molecule has 0 saturated carbocycles. The van der Waals surface area contributed by atoms with Gasteiger partial charge in [0.25, 0.3) is 0 Å². The molecule has 0 aliphatic carbocycles. The van der Waals surface area contributed by atoms with Crippen molar-refractivity contribution in [2.24, 2.45) is 0 Å². The average Bonchev–Trinajstić information content (AvgIpc) is 3.20. The summed E-state index contributed by atoms with van der Waals surface area (Å²) in [6.45, 7) is 4.41. The molecule has 2 unspecified atom stereocenters. The van der Waals surface area contributed by atoms with Gasteiger partial charge in [0.2, 0.25) is 0 Å². The number of quaternary nitrogens is 1. The minimum atomic E-state index is -4.38. The molecular formula is C50H95NO8P+. The van der Waals surface area contributed by atoms with E-state index in [0.29, 0.717) is 17.4 Å². The summed E-state index contributed by atoms with van der Waals surface area (Å²) in [6.07, 6.45) is 49.0. The van der Waals surface area contributed by atoms with Crippen LogP contribution in [0.2, 0.25) is 0 Å². The van der Waals surface area contributed by atoms with Crippen LogP contribution in [-0.2, 0) is 32.7 Å². The molecule has 0 rings (SSSR count). The monoisotopic (exact) mass is 869 g/mol. The molecule has 0 heterocycles. The van der Waals surface area contributed by atoms with Crippen molar-refractivity contribution in [2.45, 2.75) is 225 Å². The number of hydrogen-bond acceptors (Lipinski definition) is 7. The van der Waals surface area contributed by atoms with E-state index in [-0.39, 0.29) is 32.0 Å². The minimum absolute atomic E-state index is 0.0294. The van der Waals surface area contributed by atoms with Crippen molar-refractivity contribution in [1.82, 2.24) is 0 Å². The summed E-state index contributed by atoms with van der Waals surface area (Å²) in [5, 5.41) is 0. The highest BCUT2D eigenvalue weighted by atomic mass is 31.2. The maximum atomic E-state index is 12.7. The fourth-order valence-electron chi connectivity index (χ4n) is 6.75. The Kier molecular flexibility index (Phi) is 41.3. The second kappa shape index (κ2) is 42.5. The SMILES string of the molecule is CCCCCC/C=C\C/C=C\CCCCCCCCCC(=O)OC(COC(=O)CCCCCCCCC/C=C\CCCCCCCCC)COP(=O)(O)OCC[N+](C)(C)C. The van der Waals surface area contributed by atoms with Gasteiger partial charge in [-0.25, -0.2) is 4.57 Å². The van der Waals surface area contributed by atoms with Crippen LogP contribution in [0.5, 0.6) is 0 Å².